The molecule has 1 fully saturated rings. The number of nitrogens with zero attached hydrogens (tertiary/aromatic N) is 4. The molecule has 0 saturated carbocycles. The van der Waals surface area contributed by atoms with Gasteiger partial charge in [-0.2, -0.15) is 5.10 Å². The second-order valence-corrected chi connectivity index (χ2v) is 6.06. The van der Waals surface area contributed by atoms with E-state index in [1.54, 1.807) is 19.2 Å². The van der Waals surface area contributed by atoms with Gasteiger partial charge in [0.25, 0.3) is 11.8 Å². The number of carbonyl (C=O) groups excluding carboxylic acids is 2. The van der Waals surface area contributed by atoms with Gasteiger partial charge in [-0.3, -0.25) is 19.3 Å². The lowest BCUT2D eigenvalue weighted by atomic mass is 10.0. The fourth-order valence-electron chi connectivity index (χ4n) is 2.95. The predicted molar refractivity (Wildman–Crippen MR) is 88.8 cm³/mol. The molecule has 24 heavy (non-hydrogen) atoms. The number of nitrogens with one attached hydrogen (secondary N) is 1. The Balaban J connectivity index is 1.71. The van der Waals surface area contributed by atoms with Gasteiger partial charge in [-0.25, -0.2) is 0 Å². The summed E-state index contributed by atoms with van der Waals surface area (Å²) in [5.74, 6) is -0.319. The van der Waals surface area contributed by atoms with E-state index in [4.69, 9.17) is 0 Å². The number of hydrogen-bond donors (Lipinski definition) is 1. The molecule has 1 atom stereocenters. The molecular weight excluding hydrogens is 306 g/mol. The first-order valence-corrected chi connectivity index (χ1v) is 8.06. The lowest BCUT2D eigenvalue weighted by molar-refractivity contribution is 0.0672. The van der Waals surface area contributed by atoms with Crippen LogP contribution >= 0.6 is 0 Å². The molecule has 2 amide bonds. The third-order valence-electron chi connectivity index (χ3n) is 4.26. The lowest BCUT2D eigenvalue weighted by Crippen LogP contribution is -2.40. The van der Waals surface area contributed by atoms with E-state index in [1.165, 1.54) is 6.20 Å². The summed E-state index contributed by atoms with van der Waals surface area (Å²) >= 11 is 0. The highest BCUT2D eigenvalue weighted by Crippen LogP contribution is 2.22. The molecule has 0 unspecified atom stereocenters. The normalized spacial score (nSPS) is 17.6. The van der Waals surface area contributed by atoms with Crippen LogP contribution < -0.4 is 5.32 Å². The Labute approximate surface area is 140 Å². The van der Waals surface area contributed by atoms with Crippen molar-refractivity contribution in [2.45, 2.75) is 25.8 Å². The van der Waals surface area contributed by atoms with Crippen LogP contribution in [0.4, 0.5) is 0 Å². The van der Waals surface area contributed by atoms with E-state index in [-0.39, 0.29) is 17.9 Å². The van der Waals surface area contributed by atoms with Gasteiger partial charge in [-0.1, -0.05) is 0 Å². The number of carbonyl (C=O) groups is 2. The van der Waals surface area contributed by atoms with Crippen molar-refractivity contribution < 1.29 is 9.59 Å². The van der Waals surface area contributed by atoms with E-state index in [0.29, 0.717) is 17.8 Å². The molecule has 7 heteroatoms. The van der Waals surface area contributed by atoms with Crippen molar-refractivity contribution in [2.24, 2.45) is 0 Å². The zero-order valence-electron chi connectivity index (χ0n) is 13.9. The number of piperidine rings is 1. The Kier molecular flexibility index (Phi) is 4.59. The van der Waals surface area contributed by atoms with Crippen molar-refractivity contribution in [3.05, 3.63) is 47.5 Å². The smallest absolute Gasteiger partial charge is 0.269 e. The summed E-state index contributed by atoms with van der Waals surface area (Å²) in [5, 5.41) is 6.88. The van der Waals surface area contributed by atoms with Crippen molar-refractivity contribution >= 4 is 11.8 Å². The van der Waals surface area contributed by atoms with Crippen molar-refractivity contribution in [3.8, 4) is 0 Å². The van der Waals surface area contributed by atoms with Gasteiger partial charge in [0.2, 0.25) is 0 Å². The molecule has 0 aromatic carbocycles. The van der Waals surface area contributed by atoms with E-state index in [1.807, 2.05) is 28.9 Å². The average molecular weight is 327 g/mol. The highest BCUT2D eigenvalue weighted by molar-refractivity contribution is 5.96. The Bertz CT molecular complexity index is 738. The minimum Gasteiger partial charge on any atom is -0.354 e. The maximum atomic E-state index is 12.7. The maximum absolute atomic E-state index is 12.7. The number of pyridine rings is 1. The van der Waals surface area contributed by atoms with Gasteiger partial charge in [0.15, 0.2) is 0 Å². The zero-order valence-corrected chi connectivity index (χ0v) is 13.9. The van der Waals surface area contributed by atoms with Crippen LogP contribution in [0.3, 0.4) is 0 Å². The SMILES string of the molecule is CNC(=O)c1ccc(C(=O)N2CCC[C@H](n3cc(C)cn3)C2)cn1. The molecule has 0 aliphatic carbocycles. The van der Waals surface area contributed by atoms with Gasteiger partial charge in [0.1, 0.15) is 5.69 Å². The molecular formula is C17H21N5O2. The summed E-state index contributed by atoms with van der Waals surface area (Å²) in [6.45, 7) is 3.37. The number of rotatable bonds is 3. The fourth-order valence-corrected chi connectivity index (χ4v) is 2.95. The Morgan fingerprint density at radius 2 is 2.12 bits per heavy atom. The third-order valence-corrected chi connectivity index (χ3v) is 4.26. The molecule has 2 aromatic heterocycles. The lowest BCUT2D eigenvalue weighted by Gasteiger charge is -2.32. The first kappa shape index (κ1) is 16.2. The van der Waals surface area contributed by atoms with Crippen LogP contribution in [-0.2, 0) is 0 Å². The van der Waals surface area contributed by atoms with E-state index in [9.17, 15) is 9.59 Å². The maximum Gasteiger partial charge on any atom is 0.269 e. The van der Waals surface area contributed by atoms with Gasteiger partial charge in [0, 0.05) is 32.5 Å². The van der Waals surface area contributed by atoms with Gasteiger partial charge in [-0.15, -0.1) is 0 Å². The molecule has 0 bridgehead atoms. The van der Waals surface area contributed by atoms with Crippen LogP contribution in [0, 0.1) is 6.92 Å². The van der Waals surface area contributed by atoms with Gasteiger partial charge in [-0.05, 0) is 37.5 Å². The second-order valence-electron chi connectivity index (χ2n) is 6.06. The van der Waals surface area contributed by atoms with Gasteiger partial charge in [0.05, 0.1) is 17.8 Å². The first-order valence-electron chi connectivity index (χ1n) is 8.06. The van der Waals surface area contributed by atoms with Crippen molar-refractivity contribution in [1.29, 1.82) is 0 Å². The fraction of sp³-hybridized carbons (Fsp3) is 0.412. The van der Waals surface area contributed by atoms with E-state index in [2.05, 4.69) is 15.4 Å². The Morgan fingerprint density at radius 1 is 1.29 bits per heavy atom. The molecule has 1 aliphatic rings. The number of likely N-dealkylation sites (tertiary alicyclic amines) is 1. The third kappa shape index (κ3) is 3.29. The summed E-state index contributed by atoms with van der Waals surface area (Å²) in [5.41, 5.74) is 1.92. The molecule has 126 valence electrons. The number of aryl methyl sites for hydroxylation is 1. The van der Waals surface area contributed by atoms with Crippen LogP contribution in [0.15, 0.2) is 30.7 Å². The summed E-state index contributed by atoms with van der Waals surface area (Å²) < 4.78 is 1.95. The molecule has 1 saturated heterocycles. The number of hydrogen-bond acceptors (Lipinski definition) is 4. The summed E-state index contributed by atoms with van der Waals surface area (Å²) in [6.07, 6.45) is 7.27. The van der Waals surface area contributed by atoms with E-state index in [0.717, 1.165) is 24.9 Å². The predicted octanol–water partition coefficient (Wildman–Crippen LogP) is 1.42. The van der Waals surface area contributed by atoms with Crippen molar-refractivity contribution in [1.82, 2.24) is 25.0 Å². The van der Waals surface area contributed by atoms with Gasteiger partial charge >= 0.3 is 0 Å². The topological polar surface area (TPSA) is 80.1 Å². The Morgan fingerprint density at radius 3 is 2.75 bits per heavy atom. The minimum absolute atomic E-state index is 0.0560. The van der Waals surface area contributed by atoms with Crippen molar-refractivity contribution in [3.63, 3.8) is 0 Å². The highest BCUT2D eigenvalue weighted by atomic mass is 16.2. The number of aromatic nitrogens is 3. The summed E-state index contributed by atoms with van der Waals surface area (Å²) in [4.78, 5) is 30.1. The first-order chi connectivity index (χ1) is 11.6. The van der Waals surface area contributed by atoms with E-state index < -0.39 is 0 Å². The standard InChI is InChI=1S/C17H21N5O2/c1-12-8-20-22(10-12)14-4-3-7-21(11-14)17(24)13-5-6-15(19-9-13)16(23)18-2/h5-6,8-10,14H,3-4,7,11H2,1-2H3,(H,18,23)/t14-/m0/s1. The molecule has 1 N–H and O–H groups in total. The second kappa shape index (κ2) is 6.82. The molecule has 3 heterocycles. The Hall–Kier alpha value is -2.70. The quantitative estimate of drug-likeness (QED) is 0.924. The van der Waals surface area contributed by atoms with Crippen LogP contribution in [0.5, 0.6) is 0 Å². The van der Waals surface area contributed by atoms with Crippen LogP contribution in [0.25, 0.3) is 0 Å². The van der Waals surface area contributed by atoms with Crippen LogP contribution in [-0.4, -0.2) is 51.6 Å². The van der Waals surface area contributed by atoms with Gasteiger partial charge < -0.3 is 10.2 Å². The molecule has 0 spiro atoms. The summed E-state index contributed by atoms with van der Waals surface area (Å²) in [7, 11) is 1.55. The molecule has 7 nitrogen and oxygen atoms in total. The van der Waals surface area contributed by atoms with Crippen molar-refractivity contribution in [2.75, 3.05) is 20.1 Å². The van der Waals surface area contributed by atoms with Crippen LogP contribution in [0.2, 0.25) is 0 Å². The van der Waals surface area contributed by atoms with Crippen LogP contribution in [0.1, 0.15) is 45.3 Å². The monoisotopic (exact) mass is 327 g/mol. The molecule has 2 aromatic rings. The molecule has 3 rings (SSSR count). The number of amides is 2. The highest BCUT2D eigenvalue weighted by Gasteiger charge is 2.26. The molecule has 0 radical (unpaired) electrons. The molecule has 1 aliphatic heterocycles. The minimum atomic E-state index is -0.263. The summed E-state index contributed by atoms with van der Waals surface area (Å²) in [6, 6.07) is 3.43. The largest absolute Gasteiger partial charge is 0.354 e. The zero-order chi connectivity index (χ0) is 17.1. The van der Waals surface area contributed by atoms with E-state index >= 15 is 0 Å². The average Bonchev–Trinajstić information content (AvgIpc) is 3.07.